The summed E-state index contributed by atoms with van der Waals surface area (Å²) in [6.07, 6.45) is 9.67. The van der Waals surface area contributed by atoms with E-state index in [1.807, 2.05) is 0 Å². The first-order valence-corrected chi connectivity index (χ1v) is 11.3. The lowest BCUT2D eigenvalue weighted by atomic mass is 10.1. The minimum atomic E-state index is -0.887. The van der Waals surface area contributed by atoms with E-state index in [1.165, 1.54) is 38.6 Å². The van der Waals surface area contributed by atoms with E-state index in [1.54, 1.807) is 0 Å². The molecule has 0 radical (unpaired) electrons. The third-order valence-corrected chi connectivity index (χ3v) is 4.58. The number of pyridine rings is 1. The van der Waals surface area contributed by atoms with Crippen LogP contribution in [-0.4, -0.2) is 49.9 Å². The summed E-state index contributed by atoms with van der Waals surface area (Å²) >= 11 is 0. The molecule has 0 atom stereocenters. The van der Waals surface area contributed by atoms with Crippen molar-refractivity contribution in [2.75, 3.05) is 26.9 Å². The summed E-state index contributed by atoms with van der Waals surface area (Å²) in [6.45, 7) is 4.55. The van der Waals surface area contributed by atoms with E-state index >= 15 is 0 Å². The number of carbonyl (C=O) groups is 3. The smallest absolute Gasteiger partial charge is 0.414 e. The van der Waals surface area contributed by atoms with Gasteiger partial charge in [-0.25, -0.2) is 14.6 Å². The summed E-state index contributed by atoms with van der Waals surface area (Å²) < 4.78 is 20.5. The maximum absolute atomic E-state index is 12.1. The van der Waals surface area contributed by atoms with E-state index in [4.69, 9.17) is 18.9 Å². The van der Waals surface area contributed by atoms with Gasteiger partial charge in [0.15, 0.2) is 5.75 Å². The minimum Gasteiger partial charge on any atom is -0.491 e. The van der Waals surface area contributed by atoms with Gasteiger partial charge in [0.2, 0.25) is 0 Å². The first kappa shape index (κ1) is 27.2. The molecule has 0 saturated heterocycles. The molecule has 180 valence electrons. The predicted octanol–water partition coefficient (Wildman–Crippen LogP) is 4.43. The van der Waals surface area contributed by atoms with E-state index in [-0.39, 0.29) is 23.7 Å². The van der Waals surface area contributed by atoms with Crippen LogP contribution < -0.4 is 14.8 Å². The highest BCUT2D eigenvalue weighted by Gasteiger charge is 2.17. The van der Waals surface area contributed by atoms with Crippen molar-refractivity contribution in [3.8, 4) is 11.6 Å². The van der Waals surface area contributed by atoms with Crippen molar-refractivity contribution in [3.63, 3.8) is 0 Å². The van der Waals surface area contributed by atoms with Gasteiger partial charge in [-0.1, -0.05) is 58.8 Å². The van der Waals surface area contributed by atoms with Gasteiger partial charge in [0.05, 0.1) is 25.9 Å². The average Bonchev–Trinajstić information content (AvgIpc) is 2.80. The van der Waals surface area contributed by atoms with Crippen LogP contribution in [0.4, 0.5) is 4.79 Å². The van der Waals surface area contributed by atoms with Crippen molar-refractivity contribution in [3.05, 3.63) is 17.8 Å². The van der Waals surface area contributed by atoms with Gasteiger partial charge in [0.25, 0.3) is 5.88 Å². The maximum Gasteiger partial charge on any atom is 0.414 e. The lowest BCUT2D eigenvalue weighted by Gasteiger charge is -2.10. The summed E-state index contributed by atoms with van der Waals surface area (Å²) in [4.78, 5) is 39.7. The standard InChI is InChI=1S/C23H36N2O7/c1-4-6-8-9-10-12-13-30-20(26)17-25-23(28)32-21-19(29-3)15-18(16-24-21)22(27)31-14-11-7-5-2/h15-16H,4-14,17H2,1-3H3,(H,25,28). The van der Waals surface area contributed by atoms with Crippen LogP contribution >= 0.6 is 0 Å². The number of nitrogens with zero attached hydrogens (tertiary/aromatic N) is 1. The molecule has 9 nitrogen and oxygen atoms in total. The molecule has 0 spiro atoms. The van der Waals surface area contributed by atoms with Crippen molar-refractivity contribution >= 4 is 18.0 Å². The molecule has 0 unspecified atom stereocenters. The zero-order valence-corrected chi connectivity index (χ0v) is 19.4. The van der Waals surface area contributed by atoms with Crippen molar-refractivity contribution < 1.29 is 33.3 Å². The molecule has 1 N–H and O–H groups in total. The molecule has 32 heavy (non-hydrogen) atoms. The Morgan fingerprint density at radius 2 is 1.53 bits per heavy atom. The van der Waals surface area contributed by atoms with Gasteiger partial charge in [0, 0.05) is 12.3 Å². The van der Waals surface area contributed by atoms with Gasteiger partial charge in [-0.15, -0.1) is 0 Å². The summed E-state index contributed by atoms with van der Waals surface area (Å²) in [5.74, 6) is -1.12. The molecule has 1 aromatic rings. The van der Waals surface area contributed by atoms with E-state index in [9.17, 15) is 14.4 Å². The van der Waals surface area contributed by atoms with Crippen LogP contribution in [-0.2, 0) is 14.3 Å². The number of ether oxygens (including phenoxy) is 4. The fraction of sp³-hybridized carbons (Fsp3) is 0.652. The number of unbranched alkanes of at least 4 members (excludes halogenated alkanes) is 7. The van der Waals surface area contributed by atoms with Gasteiger partial charge in [-0.2, -0.15) is 0 Å². The number of aromatic nitrogens is 1. The third kappa shape index (κ3) is 11.5. The quantitative estimate of drug-likeness (QED) is 0.289. The normalized spacial score (nSPS) is 10.3. The minimum absolute atomic E-state index is 0.0915. The van der Waals surface area contributed by atoms with Crippen LogP contribution in [0.15, 0.2) is 12.3 Å². The van der Waals surface area contributed by atoms with Crippen LogP contribution in [0.25, 0.3) is 0 Å². The molecule has 0 fully saturated rings. The first-order valence-electron chi connectivity index (χ1n) is 11.3. The molecule has 1 heterocycles. The van der Waals surface area contributed by atoms with Crippen LogP contribution in [0.2, 0.25) is 0 Å². The highest BCUT2D eigenvalue weighted by atomic mass is 16.6. The van der Waals surface area contributed by atoms with E-state index < -0.39 is 18.0 Å². The summed E-state index contributed by atoms with van der Waals surface area (Å²) in [6, 6.07) is 1.38. The molecule has 0 aliphatic carbocycles. The SMILES string of the molecule is CCCCCCCCOC(=O)CNC(=O)Oc1ncc(C(=O)OCCCCC)cc1OC. The summed E-state index contributed by atoms with van der Waals surface area (Å²) in [5.41, 5.74) is 0.185. The van der Waals surface area contributed by atoms with Gasteiger partial charge < -0.3 is 24.3 Å². The number of amides is 1. The van der Waals surface area contributed by atoms with Crippen LogP contribution in [0.3, 0.4) is 0 Å². The molecule has 1 aromatic heterocycles. The molecule has 0 aliphatic heterocycles. The molecule has 0 aromatic carbocycles. The van der Waals surface area contributed by atoms with Crippen LogP contribution in [0.5, 0.6) is 11.6 Å². The Morgan fingerprint density at radius 3 is 2.25 bits per heavy atom. The fourth-order valence-corrected chi connectivity index (χ4v) is 2.75. The molecule has 1 rings (SSSR count). The Hall–Kier alpha value is -2.84. The number of methoxy groups -OCH3 is 1. The average molecular weight is 453 g/mol. The number of carbonyl (C=O) groups excluding carboxylic acids is 3. The van der Waals surface area contributed by atoms with E-state index in [0.717, 1.165) is 38.5 Å². The summed E-state index contributed by atoms with van der Waals surface area (Å²) in [5, 5.41) is 2.31. The van der Waals surface area contributed by atoms with Crippen LogP contribution in [0.1, 0.15) is 82.0 Å². The largest absolute Gasteiger partial charge is 0.491 e. The molecule has 0 aliphatic rings. The number of nitrogens with one attached hydrogen (secondary N) is 1. The van der Waals surface area contributed by atoms with Crippen molar-refractivity contribution in [1.29, 1.82) is 0 Å². The molecular formula is C23H36N2O7. The second kappa shape index (κ2) is 16.8. The Morgan fingerprint density at radius 1 is 0.906 bits per heavy atom. The Kier molecular flexibility index (Phi) is 14.3. The lowest BCUT2D eigenvalue weighted by molar-refractivity contribution is -0.142. The maximum atomic E-state index is 12.1. The zero-order valence-electron chi connectivity index (χ0n) is 19.4. The predicted molar refractivity (Wildman–Crippen MR) is 119 cm³/mol. The second-order valence-electron chi connectivity index (χ2n) is 7.31. The lowest BCUT2D eigenvalue weighted by Crippen LogP contribution is -2.33. The van der Waals surface area contributed by atoms with Crippen molar-refractivity contribution in [2.24, 2.45) is 0 Å². The van der Waals surface area contributed by atoms with E-state index in [2.05, 4.69) is 24.1 Å². The highest BCUT2D eigenvalue weighted by Crippen LogP contribution is 2.25. The molecule has 1 amide bonds. The van der Waals surface area contributed by atoms with Gasteiger partial charge in [-0.3, -0.25) is 4.79 Å². The number of hydrogen-bond acceptors (Lipinski definition) is 8. The van der Waals surface area contributed by atoms with Crippen molar-refractivity contribution in [1.82, 2.24) is 10.3 Å². The second-order valence-corrected chi connectivity index (χ2v) is 7.31. The molecule has 0 saturated carbocycles. The van der Waals surface area contributed by atoms with Crippen LogP contribution in [0, 0.1) is 0 Å². The molecule has 9 heteroatoms. The highest BCUT2D eigenvalue weighted by molar-refractivity contribution is 5.89. The molecular weight excluding hydrogens is 416 g/mol. The Bertz CT molecular complexity index is 710. The topological polar surface area (TPSA) is 113 Å². The summed E-state index contributed by atoms with van der Waals surface area (Å²) in [7, 11) is 1.36. The number of hydrogen-bond donors (Lipinski definition) is 1. The van der Waals surface area contributed by atoms with Gasteiger partial charge in [0.1, 0.15) is 6.54 Å². The van der Waals surface area contributed by atoms with Crippen molar-refractivity contribution in [2.45, 2.75) is 71.6 Å². The van der Waals surface area contributed by atoms with Gasteiger partial charge >= 0.3 is 18.0 Å². The zero-order chi connectivity index (χ0) is 23.6. The van der Waals surface area contributed by atoms with Gasteiger partial charge in [-0.05, 0) is 12.8 Å². The fourth-order valence-electron chi connectivity index (χ4n) is 2.75. The third-order valence-electron chi connectivity index (χ3n) is 4.58. The Labute approximate surface area is 190 Å². The van der Waals surface area contributed by atoms with E-state index in [0.29, 0.717) is 13.2 Å². The first-order chi connectivity index (χ1) is 15.5. The Balaban J connectivity index is 2.38. The number of esters is 2. The number of rotatable bonds is 16. The molecule has 0 bridgehead atoms. The monoisotopic (exact) mass is 452 g/mol.